The normalized spacial score (nSPS) is 15.2. The highest BCUT2D eigenvalue weighted by atomic mass is 32.2. The SMILES string of the molecule is COC(=O)c1ccc(-c2ccc(C=C3SC(=S)N(c4ccccc4)C3=O)o2)cc1. The minimum atomic E-state index is -0.392. The van der Waals surface area contributed by atoms with E-state index in [4.69, 9.17) is 21.4 Å². The standard InChI is InChI=1S/C22H15NO4S2/c1-26-21(25)15-9-7-14(8-10-15)18-12-11-17(27-18)13-19-20(24)23(22(28)29-19)16-5-3-2-4-6-16/h2-13H,1H3. The molecule has 0 radical (unpaired) electrons. The number of thioether (sulfide) groups is 1. The summed E-state index contributed by atoms with van der Waals surface area (Å²) in [6, 6.07) is 19.8. The number of benzene rings is 2. The van der Waals surface area contributed by atoms with Gasteiger partial charge in [0.25, 0.3) is 5.91 Å². The first-order valence-corrected chi connectivity index (χ1v) is 9.91. The van der Waals surface area contributed by atoms with Crippen LogP contribution in [0.3, 0.4) is 0 Å². The van der Waals surface area contributed by atoms with Crippen molar-refractivity contribution in [2.45, 2.75) is 0 Å². The van der Waals surface area contributed by atoms with Crippen molar-refractivity contribution in [3.63, 3.8) is 0 Å². The molecule has 2 heterocycles. The van der Waals surface area contributed by atoms with Gasteiger partial charge in [-0.05, 0) is 36.4 Å². The molecule has 29 heavy (non-hydrogen) atoms. The Morgan fingerprint density at radius 3 is 2.48 bits per heavy atom. The fourth-order valence-electron chi connectivity index (χ4n) is 2.87. The van der Waals surface area contributed by atoms with Crippen LogP contribution in [0.4, 0.5) is 5.69 Å². The number of carbonyl (C=O) groups excluding carboxylic acids is 2. The summed E-state index contributed by atoms with van der Waals surface area (Å²) in [4.78, 5) is 26.3. The van der Waals surface area contributed by atoms with E-state index in [0.717, 1.165) is 11.3 Å². The van der Waals surface area contributed by atoms with Crippen LogP contribution >= 0.6 is 24.0 Å². The number of esters is 1. The molecule has 4 rings (SSSR count). The van der Waals surface area contributed by atoms with Gasteiger partial charge in [-0.15, -0.1) is 0 Å². The molecule has 1 saturated heterocycles. The van der Waals surface area contributed by atoms with Gasteiger partial charge in [-0.3, -0.25) is 9.69 Å². The Balaban J connectivity index is 1.56. The number of hydrogen-bond acceptors (Lipinski definition) is 6. The Morgan fingerprint density at radius 1 is 1.07 bits per heavy atom. The van der Waals surface area contributed by atoms with E-state index in [-0.39, 0.29) is 5.91 Å². The Hall–Kier alpha value is -3.16. The van der Waals surface area contributed by atoms with Crippen LogP contribution in [0.5, 0.6) is 0 Å². The number of ether oxygens (including phenoxy) is 1. The monoisotopic (exact) mass is 421 g/mol. The topological polar surface area (TPSA) is 59.8 Å². The number of methoxy groups -OCH3 is 1. The minimum absolute atomic E-state index is 0.174. The second kappa shape index (κ2) is 8.06. The zero-order valence-corrected chi connectivity index (χ0v) is 17.0. The highest BCUT2D eigenvalue weighted by Gasteiger charge is 2.33. The lowest BCUT2D eigenvalue weighted by atomic mass is 10.1. The van der Waals surface area contributed by atoms with Crippen molar-refractivity contribution in [3.8, 4) is 11.3 Å². The molecule has 5 nitrogen and oxygen atoms in total. The third-order valence-corrected chi connectivity index (χ3v) is 5.60. The first-order valence-electron chi connectivity index (χ1n) is 8.68. The number of hydrogen-bond donors (Lipinski definition) is 0. The van der Waals surface area contributed by atoms with Gasteiger partial charge in [0.15, 0.2) is 4.32 Å². The Labute approximate surface area is 177 Å². The van der Waals surface area contributed by atoms with Crippen LogP contribution in [0.15, 0.2) is 76.1 Å². The van der Waals surface area contributed by atoms with Crippen LogP contribution in [0, 0.1) is 0 Å². The van der Waals surface area contributed by atoms with Crippen molar-refractivity contribution in [1.29, 1.82) is 0 Å². The van der Waals surface area contributed by atoms with Gasteiger partial charge in [-0.2, -0.15) is 0 Å². The van der Waals surface area contributed by atoms with E-state index in [1.807, 2.05) is 36.4 Å². The Bertz CT molecular complexity index is 1120. The molecule has 0 aliphatic carbocycles. The molecule has 1 aliphatic heterocycles. The highest BCUT2D eigenvalue weighted by Crippen LogP contribution is 2.36. The van der Waals surface area contributed by atoms with Crippen LogP contribution in [-0.2, 0) is 9.53 Å². The lowest BCUT2D eigenvalue weighted by molar-refractivity contribution is -0.113. The van der Waals surface area contributed by atoms with Crippen LogP contribution in [0.2, 0.25) is 0 Å². The summed E-state index contributed by atoms with van der Waals surface area (Å²) < 4.78 is 11.0. The zero-order valence-electron chi connectivity index (χ0n) is 15.3. The summed E-state index contributed by atoms with van der Waals surface area (Å²) in [6.07, 6.45) is 1.69. The van der Waals surface area contributed by atoms with Gasteiger partial charge < -0.3 is 9.15 Å². The predicted molar refractivity (Wildman–Crippen MR) is 118 cm³/mol. The van der Waals surface area contributed by atoms with Crippen LogP contribution in [-0.4, -0.2) is 23.3 Å². The van der Waals surface area contributed by atoms with Gasteiger partial charge >= 0.3 is 5.97 Å². The molecule has 0 N–H and O–H groups in total. The van der Waals surface area contributed by atoms with Gasteiger partial charge in [0.2, 0.25) is 0 Å². The first kappa shape index (κ1) is 19.2. The van der Waals surface area contributed by atoms with Gasteiger partial charge in [-0.25, -0.2) is 4.79 Å². The number of thiocarbonyl (C=S) groups is 1. The van der Waals surface area contributed by atoms with Gasteiger partial charge in [0.1, 0.15) is 11.5 Å². The molecule has 0 unspecified atom stereocenters. The summed E-state index contributed by atoms with van der Waals surface area (Å²) in [5.41, 5.74) is 2.02. The molecule has 0 bridgehead atoms. The van der Waals surface area contributed by atoms with Gasteiger partial charge in [0.05, 0.1) is 23.3 Å². The number of amides is 1. The fraction of sp³-hybridized carbons (Fsp3) is 0.0455. The average molecular weight is 421 g/mol. The number of para-hydroxylation sites is 1. The van der Waals surface area contributed by atoms with Crippen molar-refractivity contribution < 1.29 is 18.7 Å². The second-order valence-electron chi connectivity index (χ2n) is 6.12. The lowest BCUT2D eigenvalue weighted by Gasteiger charge is -2.13. The second-order valence-corrected chi connectivity index (χ2v) is 7.80. The highest BCUT2D eigenvalue weighted by molar-refractivity contribution is 8.27. The van der Waals surface area contributed by atoms with E-state index in [0.29, 0.717) is 26.3 Å². The maximum Gasteiger partial charge on any atom is 0.337 e. The minimum Gasteiger partial charge on any atom is -0.465 e. The van der Waals surface area contributed by atoms with E-state index in [2.05, 4.69) is 0 Å². The summed E-state index contributed by atoms with van der Waals surface area (Å²) in [7, 11) is 1.34. The summed E-state index contributed by atoms with van der Waals surface area (Å²) in [5, 5.41) is 0. The van der Waals surface area contributed by atoms with Crippen molar-refractivity contribution in [2.75, 3.05) is 12.0 Å². The largest absolute Gasteiger partial charge is 0.465 e. The molecular formula is C22H15NO4S2. The summed E-state index contributed by atoms with van der Waals surface area (Å²) >= 11 is 6.62. The van der Waals surface area contributed by atoms with Crippen molar-refractivity contribution in [1.82, 2.24) is 0 Å². The van der Waals surface area contributed by atoms with E-state index in [9.17, 15) is 9.59 Å². The van der Waals surface area contributed by atoms with E-state index < -0.39 is 5.97 Å². The molecule has 1 amide bonds. The van der Waals surface area contributed by atoms with Crippen molar-refractivity contribution in [3.05, 3.63) is 83.0 Å². The number of nitrogens with zero attached hydrogens (tertiary/aromatic N) is 1. The predicted octanol–water partition coefficient (Wildman–Crippen LogP) is 5.14. The van der Waals surface area contributed by atoms with Crippen LogP contribution < -0.4 is 4.90 Å². The number of furan rings is 1. The van der Waals surface area contributed by atoms with E-state index in [1.54, 1.807) is 36.4 Å². The quantitative estimate of drug-likeness (QED) is 0.330. The number of rotatable bonds is 4. The van der Waals surface area contributed by atoms with Gasteiger partial charge in [-0.1, -0.05) is 54.3 Å². The molecule has 0 saturated carbocycles. The smallest absolute Gasteiger partial charge is 0.337 e. The third-order valence-electron chi connectivity index (χ3n) is 4.30. The zero-order chi connectivity index (χ0) is 20.4. The molecule has 0 spiro atoms. The fourth-order valence-corrected chi connectivity index (χ4v) is 4.15. The third kappa shape index (κ3) is 3.87. The molecule has 144 valence electrons. The number of carbonyl (C=O) groups is 2. The molecule has 2 aromatic carbocycles. The Kier molecular flexibility index (Phi) is 5.33. The average Bonchev–Trinajstić information content (AvgIpc) is 3.32. The molecule has 1 fully saturated rings. The van der Waals surface area contributed by atoms with Crippen LogP contribution in [0.25, 0.3) is 17.4 Å². The first-order chi connectivity index (χ1) is 14.1. The van der Waals surface area contributed by atoms with Crippen molar-refractivity contribution >= 4 is 51.9 Å². The molecular weight excluding hydrogens is 406 g/mol. The maximum atomic E-state index is 12.8. The molecule has 1 aliphatic rings. The summed E-state index contributed by atoms with van der Waals surface area (Å²) in [6.45, 7) is 0. The molecule has 3 aromatic rings. The lowest BCUT2D eigenvalue weighted by Crippen LogP contribution is -2.27. The van der Waals surface area contributed by atoms with Crippen molar-refractivity contribution in [2.24, 2.45) is 0 Å². The maximum absolute atomic E-state index is 12.8. The van der Waals surface area contributed by atoms with E-state index in [1.165, 1.54) is 23.8 Å². The Morgan fingerprint density at radius 2 is 1.79 bits per heavy atom. The molecule has 1 aromatic heterocycles. The molecule has 7 heteroatoms. The summed E-state index contributed by atoms with van der Waals surface area (Å²) in [5.74, 6) is 0.612. The van der Waals surface area contributed by atoms with E-state index >= 15 is 0 Å². The number of anilines is 1. The molecule has 0 atom stereocenters. The van der Waals surface area contributed by atoms with Gasteiger partial charge in [0, 0.05) is 11.6 Å². The van der Waals surface area contributed by atoms with Crippen LogP contribution in [0.1, 0.15) is 16.1 Å².